The van der Waals surface area contributed by atoms with Crippen molar-refractivity contribution in [2.75, 3.05) is 13.7 Å². The lowest BCUT2D eigenvalue weighted by Crippen LogP contribution is -2.19. The van der Waals surface area contributed by atoms with Crippen LogP contribution >= 0.6 is 31.9 Å². The average Bonchev–Trinajstić information content (AvgIpc) is 2.13. The lowest BCUT2D eigenvalue weighted by atomic mass is 10.1. The first kappa shape index (κ1) is 11.2. The molecule has 0 heterocycles. The summed E-state index contributed by atoms with van der Waals surface area (Å²) < 4.78 is 2.02. The molecule has 0 unspecified atom stereocenters. The molecular weight excluding hydrogens is 298 g/mol. The highest BCUT2D eigenvalue weighted by atomic mass is 79.9. The Kier molecular flexibility index (Phi) is 4.38. The minimum absolute atomic E-state index is 0.00407. The summed E-state index contributed by atoms with van der Waals surface area (Å²) in [5.41, 5.74) is 1.07. The van der Waals surface area contributed by atoms with E-state index in [2.05, 4.69) is 37.2 Å². The molecule has 0 saturated heterocycles. The average molecular weight is 309 g/mol. The molecule has 2 nitrogen and oxygen atoms in total. The van der Waals surface area contributed by atoms with Gasteiger partial charge in [0.25, 0.3) is 0 Å². The summed E-state index contributed by atoms with van der Waals surface area (Å²) in [4.78, 5) is 0. The first-order valence-corrected chi connectivity index (χ1v) is 5.50. The van der Waals surface area contributed by atoms with Gasteiger partial charge in [-0.25, -0.2) is 0 Å². The maximum Gasteiger partial charge on any atom is 0.0626 e. The SMILES string of the molecule is CN[C@H](CO)c1ccc(Br)c(Br)c1. The molecule has 0 bridgehead atoms. The van der Waals surface area contributed by atoms with Crippen molar-refractivity contribution in [1.29, 1.82) is 0 Å². The molecular formula is C9H11Br2NO. The molecule has 0 fully saturated rings. The Labute approximate surface area is 94.6 Å². The number of benzene rings is 1. The first-order valence-electron chi connectivity index (χ1n) is 3.92. The van der Waals surface area contributed by atoms with E-state index in [0.29, 0.717) is 0 Å². The summed E-state index contributed by atoms with van der Waals surface area (Å²) in [5.74, 6) is 0. The third kappa shape index (κ3) is 2.77. The van der Waals surface area contributed by atoms with Crippen LogP contribution in [0.3, 0.4) is 0 Å². The van der Waals surface area contributed by atoms with Crippen molar-refractivity contribution in [3.63, 3.8) is 0 Å². The number of aliphatic hydroxyl groups is 1. The van der Waals surface area contributed by atoms with Crippen LogP contribution in [0.5, 0.6) is 0 Å². The molecule has 0 radical (unpaired) electrons. The quantitative estimate of drug-likeness (QED) is 0.899. The normalized spacial score (nSPS) is 12.9. The third-order valence-corrected chi connectivity index (χ3v) is 3.76. The summed E-state index contributed by atoms with van der Waals surface area (Å²) in [6.07, 6.45) is 0. The van der Waals surface area contributed by atoms with Crippen molar-refractivity contribution in [2.45, 2.75) is 6.04 Å². The van der Waals surface area contributed by atoms with Crippen LogP contribution in [0, 0.1) is 0 Å². The molecule has 1 atom stereocenters. The zero-order valence-electron chi connectivity index (χ0n) is 7.22. The molecule has 0 aromatic heterocycles. The molecule has 0 saturated carbocycles. The largest absolute Gasteiger partial charge is 0.394 e. The number of hydrogen-bond donors (Lipinski definition) is 2. The Morgan fingerprint density at radius 1 is 1.38 bits per heavy atom. The molecule has 0 spiro atoms. The van der Waals surface area contributed by atoms with Crippen LogP contribution in [-0.2, 0) is 0 Å². The number of likely N-dealkylation sites (N-methyl/N-ethyl adjacent to an activating group) is 1. The molecule has 1 rings (SSSR count). The van der Waals surface area contributed by atoms with Gasteiger partial charge in [0.15, 0.2) is 0 Å². The van der Waals surface area contributed by atoms with Crippen LogP contribution in [0.15, 0.2) is 27.1 Å². The second-order valence-corrected chi connectivity index (χ2v) is 4.41. The van der Waals surface area contributed by atoms with E-state index in [0.717, 1.165) is 14.5 Å². The van der Waals surface area contributed by atoms with Crippen molar-refractivity contribution < 1.29 is 5.11 Å². The number of hydrogen-bond acceptors (Lipinski definition) is 2. The Bertz CT molecular complexity index is 287. The van der Waals surface area contributed by atoms with Crippen LogP contribution in [0.25, 0.3) is 0 Å². The Morgan fingerprint density at radius 2 is 2.08 bits per heavy atom. The molecule has 13 heavy (non-hydrogen) atoms. The van der Waals surface area contributed by atoms with E-state index in [4.69, 9.17) is 5.11 Å². The smallest absolute Gasteiger partial charge is 0.0626 e. The van der Waals surface area contributed by atoms with Crippen molar-refractivity contribution in [3.05, 3.63) is 32.7 Å². The van der Waals surface area contributed by atoms with E-state index >= 15 is 0 Å². The number of rotatable bonds is 3. The standard InChI is InChI=1S/C9H11Br2NO/c1-12-9(5-13)6-2-3-7(10)8(11)4-6/h2-4,9,12-13H,5H2,1H3/t9-/m1/s1. The molecule has 0 amide bonds. The van der Waals surface area contributed by atoms with Gasteiger partial charge in [-0.05, 0) is 56.6 Å². The van der Waals surface area contributed by atoms with Gasteiger partial charge in [0.2, 0.25) is 0 Å². The summed E-state index contributed by atoms with van der Waals surface area (Å²) in [5, 5.41) is 12.1. The summed E-state index contributed by atoms with van der Waals surface area (Å²) >= 11 is 6.81. The zero-order valence-corrected chi connectivity index (χ0v) is 10.4. The molecule has 72 valence electrons. The van der Waals surface area contributed by atoms with Gasteiger partial charge in [-0.1, -0.05) is 6.07 Å². The Hall–Kier alpha value is 0.1000. The lowest BCUT2D eigenvalue weighted by molar-refractivity contribution is 0.251. The van der Waals surface area contributed by atoms with E-state index in [1.807, 2.05) is 25.2 Å². The van der Waals surface area contributed by atoms with E-state index in [9.17, 15) is 0 Å². The number of aliphatic hydroxyl groups excluding tert-OH is 1. The van der Waals surface area contributed by atoms with Gasteiger partial charge in [0, 0.05) is 8.95 Å². The minimum atomic E-state index is 0.00407. The summed E-state index contributed by atoms with van der Waals surface area (Å²) in [6.45, 7) is 0.102. The fourth-order valence-electron chi connectivity index (χ4n) is 1.09. The zero-order chi connectivity index (χ0) is 9.84. The van der Waals surface area contributed by atoms with Crippen LogP contribution < -0.4 is 5.32 Å². The number of halogens is 2. The van der Waals surface area contributed by atoms with E-state index < -0.39 is 0 Å². The van der Waals surface area contributed by atoms with Crippen LogP contribution in [0.4, 0.5) is 0 Å². The second kappa shape index (κ2) is 5.10. The summed E-state index contributed by atoms with van der Waals surface area (Å²) in [6, 6.07) is 5.93. The van der Waals surface area contributed by atoms with Gasteiger partial charge < -0.3 is 10.4 Å². The van der Waals surface area contributed by atoms with E-state index in [1.165, 1.54) is 0 Å². The molecule has 0 aliphatic carbocycles. The van der Waals surface area contributed by atoms with Crippen molar-refractivity contribution in [1.82, 2.24) is 5.32 Å². The van der Waals surface area contributed by atoms with Crippen molar-refractivity contribution in [3.8, 4) is 0 Å². The molecule has 2 N–H and O–H groups in total. The maximum absolute atomic E-state index is 9.05. The molecule has 1 aromatic carbocycles. The van der Waals surface area contributed by atoms with Gasteiger partial charge >= 0.3 is 0 Å². The predicted molar refractivity (Wildman–Crippen MR) is 60.7 cm³/mol. The fraction of sp³-hybridized carbons (Fsp3) is 0.333. The highest BCUT2D eigenvalue weighted by molar-refractivity contribution is 9.13. The van der Waals surface area contributed by atoms with E-state index in [1.54, 1.807) is 0 Å². The molecule has 0 aliphatic rings. The monoisotopic (exact) mass is 307 g/mol. The van der Waals surface area contributed by atoms with Gasteiger partial charge in [0.1, 0.15) is 0 Å². The molecule has 4 heteroatoms. The van der Waals surface area contributed by atoms with Gasteiger partial charge in [-0.2, -0.15) is 0 Å². The Morgan fingerprint density at radius 3 is 2.54 bits per heavy atom. The summed E-state index contributed by atoms with van der Waals surface area (Å²) in [7, 11) is 1.83. The first-order chi connectivity index (χ1) is 6.19. The molecule has 1 aromatic rings. The number of nitrogens with one attached hydrogen (secondary N) is 1. The van der Waals surface area contributed by atoms with Gasteiger partial charge in [-0.15, -0.1) is 0 Å². The van der Waals surface area contributed by atoms with E-state index in [-0.39, 0.29) is 12.6 Å². The van der Waals surface area contributed by atoms with Crippen LogP contribution in [0.1, 0.15) is 11.6 Å². The van der Waals surface area contributed by atoms with Crippen molar-refractivity contribution in [2.24, 2.45) is 0 Å². The van der Waals surface area contributed by atoms with Gasteiger partial charge in [0.05, 0.1) is 12.6 Å². The highest BCUT2D eigenvalue weighted by Crippen LogP contribution is 2.26. The third-order valence-electron chi connectivity index (χ3n) is 1.88. The fourth-order valence-corrected chi connectivity index (χ4v) is 1.74. The molecule has 0 aliphatic heterocycles. The predicted octanol–water partition coefficient (Wildman–Crippen LogP) is 2.46. The van der Waals surface area contributed by atoms with Crippen LogP contribution in [0.2, 0.25) is 0 Å². The minimum Gasteiger partial charge on any atom is -0.394 e. The maximum atomic E-state index is 9.05. The highest BCUT2D eigenvalue weighted by Gasteiger charge is 2.08. The Balaban J connectivity index is 2.95. The topological polar surface area (TPSA) is 32.3 Å². The van der Waals surface area contributed by atoms with Gasteiger partial charge in [-0.3, -0.25) is 0 Å². The lowest BCUT2D eigenvalue weighted by Gasteiger charge is -2.13. The van der Waals surface area contributed by atoms with Crippen molar-refractivity contribution >= 4 is 31.9 Å². The second-order valence-electron chi connectivity index (χ2n) is 2.70. The van der Waals surface area contributed by atoms with Crippen LogP contribution in [-0.4, -0.2) is 18.8 Å².